The molecule has 16 heavy (non-hydrogen) atoms. The molecule has 82 valence electrons. The fourth-order valence-corrected chi connectivity index (χ4v) is 1.47. The summed E-state index contributed by atoms with van der Waals surface area (Å²) in [7, 11) is 1.59. The minimum absolute atomic E-state index is 0.179. The average Bonchev–Trinajstić information content (AvgIpc) is 2.33. The Hall–Kier alpha value is -1.69. The fourth-order valence-electron chi connectivity index (χ4n) is 1.20. The normalized spacial score (nSPS) is 10.1. The van der Waals surface area contributed by atoms with Gasteiger partial charge in [0.2, 0.25) is 0 Å². The Bertz CT molecular complexity index is 568. The van der Waals surface area contributed by atoms with Crippen molar-refractivity contribution in [2.45, 2.75) is 0 Å². The van der Waals surface area contributed by atoms with Crippen LogP contribution in [-0.2, 0) is 0 Å². The van der Waals surface area contributed by atoms with Crippen LogP contribution in [0.2, 0.25) is 0 Å². The lowest BCUT2D eigenvalue weighted by Gasteiger charge is -2.06. The van der Waals surface area contributed by atoms with E-state index >= 15 is 0 Å². The topological polar surface area (TPSA) is 57.0 Å². The number of ether oxygens (including phenoxy) is 1. The summed E-state index contributed by atoms with van der Waals surface area (Å²) in [5.41, 5.74) is 0.381. The molecule has 5 nitrogen and oxygen atoms in total. The summed E-state index contributed by atoms with van der Waals surface area (Å²) in [4.78, 5) is 14.7. The molecule has 0 bridgehead atoms. The smallest absolute Gasteiger partial charge is 0.306 e. The zero-order chi connectivity index (χ0) is 11.5. The van der Waals surface area contributed by atoms with Gasteiger partial charge >= 0.3 is 5.56 Å². The molecule has 1 aromatic carbocycles. The van der Waals surface area contributed by atoms with Crippen molar-refractivity contribution in [3.63, 3.8) is 0 Å². The predicted octanol–water partition coefficient (Wildman–Crippen LogP) is 1.40. The van der Waals surface area contributed by atoms with E-state index in [-0.39, 0.29) is 10.2 Å². The highest BCUT2D eigenvalue weighted by atomic mass is 79.9. The van der Waals surface area contributed by atoms with E-state index in [1.54, 1.807) is 13.2 Å². The molecule has 0 aliphatic heterocycles. The van der Waals surface area contributed by atoms with Crippen LogP contribution in [0, 0.1) is 0 Å². The lowest BCUT2D eigenvalue weighted by Crippen LogP contribution is -2.14. The summed E-state index contributed by atoms with van der Waals surface area (Å²) in [6, 6.07) is 7.30. The van der Waals surface area contributed by atoms with Crippen LogP contribution in [0.1, 0.15) is 0 Å². The van der Waals surface area contributed by atoms with Gasteiger partial charge in [0.25, 0.3) is 0 Å². The molecule has 1 aromatic heterocycles. The Balaban J connectivity index is 2.50. The molecule has 0 fully saturated rings. The maximum Gasteiger partial charge on any atom is 0.306 e. The van der Waals surface area contributed by atoms with Gasteiger partial charge in [0.05, 0.1) is 12.8 Å². The standard InChI is InChI=1S/C10H8BrN3O2/c1-16-8-4-2-3-7(5-8)14-6-12-10(15)9(11)13-14/h2-6H,1H3. The number of methoxy groups -OCH3 is 1. The SMILES string of the molecule is COc1cccc(-n2cnc(=O)c(Br)n2)c1. The third-order valence-corrected chi connectivity index (χ3v) is 2.47. The highest BCUT2D eigenvalue weighted by Crippen LogP contribution is 2.15. The number of hydrogen-bond acceptors (Lipinski definition) is 4. The van der Waals surface area contributed by atoms with Gasteiger partial charge in [-0.2, -0.15) is 10.1 Å². The monoisotopic (exact) mass is 281 g/mol. The van der Waals surface area contributed by atoms with Crippen molar-refractivity contribution in [3.8, 4) is 11.4 Å². The molecule has 6 heteroatoms. The largest absolute Gasteiger partial charge is 0.497 e. The number of benzene rings is 1. The maximum atomic E-state index is 11.1. The first-order chi connectivity index (χ1) is 7.70. The molecule has 1 heterocycles. The summed E-state index contributed by atoms with van der Waals surface area (Å²) in [6.45, 7) is 0. The molecule has 0 aliphatic carbocycles. The van der Waals surface area contributed by atoms with Crippen molar-refractivity contribution in [1.82, 2.24) is 14.8 Å². The lowest BCUT2D eigenvalue weighted by molar-refractivity contribution is 0.414. The molecule has 0 radical (unpaired) electrons. The fraction of sp³-hybridized carbons (Fsp3) is 0.100. The minimum atomic E-state index is -0.390. The van der Waals surface area contributed by atoms with E-state index in [1.165, 1.54) is 11.0 Å². The van der Waals surface area contributed by atoms with Gasteiger partial charge in [0.1, 0.15) is 12.1 Å². The minimum Gasteiger partial charge on any atom is -0.497 e. The van der Waals surface area contributed by atoms with Crippen LogP contribution in [0.4, 0.5) is 0 Å². The van der Waals surface area contributed by atoms with Gasteiger partial charge in [0.15, 0.2) is 4.60 Å². The van der Waals surface area contributed by atoms with Crippen molar-refractivity contribution < 1.29 is 4.74 Å². The first kappa shape index (κ1) is 10.8. The Morgan fingerprint density at radius 1 is 1.44 bits per heavy atom. The van der Waals surface area contributed by atoms with E-state index in [4.69, 9.17) is 4.74 Å². The number of halogens is 1. The van der Waals surface area contributed by atoms with E-state index in [0.717, 1.165) is 5.69 Å². The van der Waals surface area contributed by atoms with E-state index in [0.29, 0.717) is 5.75 Å². The first-order valence-corrected chi connectivity index (χ1v) is 5.26. The summed E-state index contributed by atoms with van der Waals surface area (Å²) in [5.74, 6) is 0.717. The molecule has 0 spiro atoms. The van der Waals surface area contributed by atoms with Gasteiger partial charge in [-0.15, -0.1) is 0 Å². The Kier molecular flexibility index (Phi) is 3.00. The van der Waals surface area contributed by atoms with Crippen LogP contribution in [-0.4, -0.2) is 21.9 Å². The summed E-state index contributed by atoms with van der Waals surface area (Å²) < 4.78 is 6.77. The first-order valence-electron chi connectivity index (χ1n) is 4.46. The third kappa shape index (κ3) is 2.11. The Morgan fingerprint density at radius 3 is 2.94 bits per heavy atom. The predicted molar refractivity (Wildman–Crippen MR) is 61.9 cm³/mol. The molecule has 0 amide bonds. The highest BCUT2D eigenvalue weighted by Gasteiger charge is 2.02. The van der Waals surface area contributed by atoms with Gasteiger partial charge in [-0.25, -0.2) is 4.68 Å². The van der Waals surface area contributed by atoms with Crippen molar-refractivity contribution in [2.75, 3.05) is 7.11 Å². The molecule has 0 atom stereocenters. The van der Waals surface area contributed by atoms with Gasteiger partial charge in [-0.1, -0.05) is 6.07 Å². The van der Waals surface area contributed by atoms with Gasteiger partial charge in [-0.05, 0) is 28.1 Å². The van der Waals surface area contributed by atoms with Crippen molar-refractivity contribution in [3.05, 3.63) is 45.5 Å². The summed E-state index contributed by atoms with van der Waals surface area (Å²) in [5, 5.41) is 4.02. The molecule has 0 N–H and O–H groups in total. The Morgan fingerprint density at radius 2 is 2.25 bits per heavy atom. The number of rotatable bonds is 2. The second kappa shape index (κ2) is 4.44. The molecule has 0 unspecified atom stereocenters. The van der Waals surface area contributed by atoms with E-state index in [2.05, 4.69) is 26.0 Å². The van der Waals surface area contributed by atoms with E-state index < -0.39 is 0 Å². The summed E-state index contributed by atoms with van der Waals surface area (Å²) >= 11 is 3.04. The van der Waals surface area contributed by atoms with Crippen LogP contribution in [0.5, 0.6) is 5.75 Å². The lowest BCUT2D eigenvalue weighted by atomic mass is 10.3. The van der Waals surface area contributed by atoms with Gasteiger partial charge < -0.3 is 4.74 Å². The van der Waals surface area contributed by atoms with Crippen LogP contribution >= 0.6 is 15.9 Å². The van der Waals surface area contributed by atoms with E-state index in [1.807, 2.05) is 18.2 Å². The Labute approximate surface area is 99.8 Å². The number of nitrogens with zero attached hydrogens (tertiary/aromatic N) is 3. The zero-order valence-electron chi connectivity index (χ0n) is 8.42. The second-order valence-electron chi connectivity index (χ2n) is 2.99. The maximum absolute atomic E-state index is 11.1. The molecular formula is C10H8BrN3O2. The highest BCUT2D eigenvalue weighted by molar-refractivity contribution is 9.10. The number of hydrogen-bond donors (Lipinski definition) is 0. The number of aromatic nitrogens is 3. The third-order valence-electron chi connectivity index (χ3n) is 1.97. The van der Waals surface area contributed by atoms with Crippen molar-refractivity contribution in [2.24, 2.45) is 0 Å². The molecule has 0 aliphatic rings. The molecule has 0 saturated carbocycles. The zero-order valence-corrected chi connectivity index (χ0v) is 10.0. The molecule has 2 rings (SSSR count). The van der Waals surface area contributed by atoms with Crippen LogP contribution in [0.15, 0.2) is 40.0 Å². The van der Waals surface area contributed by atoms with Gasteiger partial charge in [0, 0.05) is 6.07 Å². The second-order valence-corrected chi connectivity index (χ2v) is 3.74. The van der Waals surface area contributed by atoms with E-state index in [9.17, 15) is 4.79 Å². The summed E-state index contributed by atoms with van der Waals surface area (Å²) in [6.07, 6.45) is 1.36. The molecular weight excluding hydrogens is 274 g/mol. The quantitative estimate of drug-likeness (QED) is 0.835. The average molecular weight is 282 g/mol. The van der Waals surface area contributed by atoms with Crippen LogP contribution in [0.3, 0.4) is 0 Å². The van der Waals surface area contributed by atoms with Crippen molar-refractivity contribution >= 4 is 15.9 Å². The van der Waals surface area contributed by atoms with Gasteiger partial charge in [-0.3, -0.25) is 4.79 Å². The van der Waals surface area contributed by atoms with Crippen molar-refractivity contribution in [1.29, 1.82) is 0 Å². The van der Waals surface area contributed by atoms with Crippen LogP contribution < -0.4 is 10.3 Å². The van der Waals surface area contributed by atoms with Crippen LogP contribution in [0.25, 0.3) is 5.69 Å². The molecule has 2 aromatic rings. The molecule has 0 saturated heterocycles.